The summed E-state index contributed by atoms with van der Waals surface area (Å²) in [5, 5.41) is 2.70. The first-order valence-corrected chi connectivity index (χ1v) is 3.77. The first-order chi connectivity index (χ1) is 5.24. The van der Waals surface area contributed by atoms with Gasteiger partial charge in [-0.3, -0.25) is 0 Å². The fourth-order valence-corrected chi connectivity index (χ4v) is 1.06. The minimum atomic E-state index is 0.549. The highest BCUT2D eigenvalue weighted by molar-refractivity contribution is 6.33. The zero-order chi connectivity index (χ0) is 8.27. The van der Waals surface area contributed by atoms with E-state index in [0.717, 1.165) is 10.6 Å². The Morgan fingerprint density at radius 2 is 2.45 bits per heavy atom. The number of allylic oxidation sites excluding steroid dienone is 1. The van der Waals surface area contributed by atoms with Crippen molar-refractivity contribution in [3.8, 4) is 0 Å². The van der Waals surface area contributed by atoms with Gasteiger partial charge < -0.3 is 4.98 Å². The predicted octanol–water partition coefficient (Wildman–Crippen LogP) is 1.35. The number of hydrogen-bond donors (Lipinski definition) is 1. The van der Waals surface area contributed by atoms with Crippen molar-refractivity contribution in [2.45, 2.75) is 6.92 Å². The van der Waals surface area contributed by atoms with Crippen LogP contribution in [0.25, 0.3) is 12.2 Å². The second-order valence-electron chi connectivity index (χ2n) is 2.23. The van der Waals surface area contributed by atoms with E-state index in [9.17, 15) is 0 Å². The Labute approximate surface area is 70.7 Å². The van der Waals surface area contributed by atoms with Crippen LogP contribution in [0.2, 0.25) is 0 Å². The minimum Gasteiger partial charge on any atom is -0.361 e. The molecule has 0 bridgehead atoms. The van der Waals surface area contributed by atoms with Crippen molar-refractivity contribution in [3.05, 3.63) is 34.4 Å². The molecular weight excluding hydrogens is 158 g/mol. The lowest BCUT2D eigenvalue weighted by Crippen LogP contribution is -2.21. The van der Waals surface area contributed by atoms with Crippen LogP contribution in [0.4, 0.5) is 0 Å². The minimum absolute atomic E-state index is 0.549. The van der Waals surface area contributed by atoms with E-state index < -0.39 is 0 Å². The average Bonchev–Trinajstić information content (AvgIpc) is 2.34. The van der Waals surface area contributed by atoms with Crippen molar-refractivity contribution in [1.29, 1.82) is 0 Å². The van der Waals surface area contributed by atoms with Crippen LogP contribution in [0.1, 0.15) is 6.92 Å². The third kappa shape index (κ3) is 1.99. The number of aromatic amines is 1. The molecule has 0 amide bonds. The van der Waals surface area contributed by atoms with Crippen molar-refractivity contribution in [2.75, 3.05) is 0 Å². The summed E-state index contributed by atoms with van der Waals surface area (Å²) >= 11 is 5.62. The number of halogens is 1. The molecule has 1 heterocycles. The van der Waals surface area contributed by atoms with E-state index in [4.69, 9.17) is 11.6 Å². The molecule has 1 rings (SSSR count). The van der Waals surface area contributed by atoms with Crippen LogP contribution in [-0.2, 0) is 0 Å². The highest BCUT2D eigenvalue weighted by Crippen LogP contribution is 1.95. The Hall–Kier alpha value is -0.950. The van der Waals surface area contributed by atoms with Gasteiger partial charge in [0.05, 0.1) is 0 Å². The quantitative estimate of drug-likeness (QED) is 0.650. The second kappa shape index (κ2) is 3.44. The number of aromatic nitrogens is 1. The van der Waals surface area contributed by atoms with Gasteiger partial charge in [-0.25, -0.2) is 0 Å². The maximum atomic E-state index is 5.62. The third-order valence-corrected chi connectivity index (χ3v) is 1.52. The van der Waals surface area contributed by atoms with Gasteiger partial charge in [-0.1, -0.05) is 24.3 Å². The highest BCUT2D eigenvalue weighted by Gasteiger charge is 1.84. The molecule has 0 unspecified atom stereocenters. The number of H-pyrrole nitrogens is 1. The van der Waals surface area contributed by atoms with Gasteiger partial charge in [-0.05, 0) is 19.1 Å². The fraction of sp³-hybridized carbons (Fsp3) is 0.111. The summed E-state index contributed by atoms with van der Waals surface area (Å²) in [4.78, 5) is 3.07. The summed E-state index contributed by atoms with van der Waals surface area (Å²) in [6, 6.07) is 1.96. The van der Waals surface area contributed by atoms with Crippen LogP contribution >= 0.6 is 11.6 Å². The fourth-order valence-electron chi connectivity index (χ4n) is 0.939. The second-order valence-corrected chi connectivity index (χ2v) is 2.71. The monoisotopic (exact) mass is 167 g/mol. The van der Waals surface area contributed by atoms with Gasteiger partial charge in [0.25, 0.3) is 0 Å². The van der Waals surface area contributed by atoms with Crippen LogP contribution in [0.5, 0.6) is 0 Å². The Morgan fingerprint density at radius 3 is 3.00 bits per heavy atom. The van der Waals surface area contributed by atoms with Crippen molar-refractivity contribution in [3.63, 3.8) is 0 Å². The largest absolute Gasteiger partial charge is 0.361 e. The standard InChI is InChI=1S/C9H10ClN/c1-3-9-8(4-5-11-9)6-7(2)10/h3-6,11H,2H2,1H3/b8-6-,9-3+. The summed E-state index contributed by atoms with van der Waals surface area (Å²) in [6.07, 6.45) is 5.69. The average molecular weight is 168 g/mol. The number of rotatable bonds is 1. The maximum absolute atomic E-state index is 5.62. The molecule has 58 valence electrons. The molecule has 2 heteroatoms. The topological polar surface area (TPSA) is 15.8 Å². The molecule has 0 aliphatic heterocycles. The van der Waals surface area contributed by atoms with Crippen LogP contribution in [0, 0.1) is 0 Å². The summed E-state index contributed by atoms with van der Waals surface area (Å²) in [7, 11) is 0. The molecule has 1 aromatic heterocycles. The number of hydrogen-bond acceptors (Lipinski definition) is 0. The Bertz CT molecular complexity index is 359. The van der Waals surface area contributed by atoms with E-state index in [2.05, 4.69) is 11.6 Å². The smallest absolute Gasteiger partial charge is 0.0411 e. The molecule has 0 aromatic carbocycles. The van der Waals surface area contributed by atoms with Crippen LogP contribution in [0.15, 0.2) is 23.9 Å². The van der Waals surface area contributed by atoms with E-state index in [1.807, 2.05) is 31.3 Å². The zero-order valence-electron chi connectivity index (χ0n) is 6.39. The van der Waals surface area contributed by atoms with E-state index in [1.54, 1.807) is 0 Å². The van der Waals surface area contributed by atoms with Crippen molar-refractivity contribution in [1.82, 2.24) is 4.98 Å². The Kier molecular flexibility index (Phi) is 2.55. The Balaban J connectivity index is 3.35. The SMILES string of the molecule is C=C(Cl)/C=c1/cc[nH]/c1=C/C. The van der Waals surface area contributed by atoms with Gasteiger partial charge in [0.15, 0.2) is 0 Å². The molecule has 0 radical (unpaired) electrons. The first-order valence-electron chi connectivity index (χ1n) is 3.40. The van der Waals surface area contributed by atoms with Crippen molar-refractivity contribution in [2.24, 2.45) is 0 Å². The number of nitrogens with one attached hydrogen (secondary N) is 1. The molecule has 0 atom stereocenters. The first kappa shape index (κ1) is 8.15. The molecule has 11 heavy (non-hydrogen) atoms. The predicted molar refractivity (Wildman–Crippen MR) is 49.6 cm³/mol. The molecule has 1 N–H and O–H groups in total. The molecule has 0 aliphatic carbocycles. The van der Waals surface area contributed by atoms with E-state index in [1.165, 1.54) is 0 Å². The molecule has 1 nitrogen and oxygen atoms in total. The summed E-state index contributed by atoms with van der Waals surface area (Å²) in [5.74, 6) is 0. The highest BCUT2D eigenvalue weighted by atomic mass is 35.5. The van der Waals surface area contributed by atoms with Gasteiger partial charge in [0, 0.05) is 21.8 Å². The maximum Gasteiger partial charge on any atom is 0.0411 e. The lowest BCUT2D eigenvalue weighted by Gasteiger charge is -1.79. The van der Waals surface area contributed by atoms with Gasteiger partial charge in [-0.2, -0.15) is 0 Å². The van der Waals surface area contributed by atoms with E-state index in [0.29, 0.717) is 5.03 Å². The van der Waals surface area contributed by atoms with Crippen molar-refractivity contribution >= 4 is 23.8 Å². The van der Waals surface area contributed by atoms with E-state index >= 15 is 0 Å². The molecule has 0 saturated carbocycles. The molecule has 0 aliphatic rings. The molecule has 0 saturated heterocycles. The van der Waals surface area contributed by atoms with Crippen molar-refractivity contribution < 1.29 is 0 Å². The summed E-state index contributed by atoms with van der Waals surface area (Å²) in [5.41, 5.74) is 0. The lowest BCUT2D eigenvalue weighted by atomic mass is 10.3. The molecule has 0 spiro atoms. The van der Waals surface area contributed by atoms with Crippen LogP contribution in [-0.4, -0.2) is 4.98 Å². The Morgan fingerprint density at radius 1 is 1.73 bits per heavy atom. The normalized spacial score (nSPS) is 14.0. The third-order valence-electron chi connectivity index (χ3n) is 1.41. The lowest BCUT2D eigenvalue weighted by molar-refractivity contribution is 1.31. The van der Waals surface area contributed by atoms with Gasteiger partial charge >= 0.3 is 0 Å². The molecular formula is C9H10ClN. The van der Waals surface area contributed by atoms with Gasteiger partial charge in [-0.15, -0.1) is 0 Å². The molecule has 1 aromatic rings. The van der Waals surface area contributed by atoms with E-state index in [-0.39, 0.29) is 0 Å². The zero-order valence-corrected chi connectivity index (χ0v) is 7.15. The molecule has 0 fully saturated rings. The summed E-state index contributed by atoms with van der Waals surface area (Å²) in [6.45, 7) is 5.56. The van der Waals surface area contributed by atoms with Crippen LogP contribution in [0.3, 0.4) is 0 Å². The summed E-state index contributed by atoms with van der Waals surface area (Å²) < 4.78 is 0. The van der Waals surface area contributed by atoms with Gasteiger partial charge in [0.2, 0.25) is 0 Å². The van der Waals surface area contributed by atoms with Crippen LogP contribution < -0.4 is 10.6 Å². The van der Waals surface area contributed by atoms with Gasteiger partial charge in [0.1, 0.15) is 0 Å².